The molecule has 13 heavy (non-hydrogen) atoms. The van der Waals surface area contributed by atoms with Crippen LogP contribution in [0.2, 0.25) is 0 Å². The Kier molecular flexibility index (Phi) is 4.88. The van der Waals surface area contributed by atoms with Gasteiger partial charge < -0.3 is 9.47 Å². The maximum absolute atomic E-state index is 5.56. The van der Waals surface area contributed by atoms with E-state index in [4.69, 9.17) is 15.9 Å². The highest BCUT2D eigenvalue weighted by molar-refractivity contribution is 4.98. The SMILES string of the molecule is C#CC1CCCCC1OCOCC. The summed E-state index contributed by atoms with van der Waals surface area (Å²) >= 11 is 0. The lowest BCUT2D eigenvalue weighted by Gasteiger charge is -2.27. The van der Waals surface area contributed by atoms with Crippen LogP contribution in [0.4, 0.5) is 0 Å². The van der Waals surface area contributed by atoms with E-state index in [-0.39, 0.29) is 6.10 Å². The van der Waals surface area contributed by atoms with Crippen LogP contribution in [0.5, 0.6) is 0 Å². The number of hydrogen-bond acceptors (Lipinski definition) is 2. The number of rotatable bonds is 4. The van der Waals surface area contributed by atoms with Crippen LogP contribution in [0.15, 0.2) is 0 Å². The Labute approximate surface area is 80.6 Å². The number of ether oxygens (including phenoxy) is 2. The largest absolute Gasteiger partial charge is 0.356 e. The van der Waals surface area contributed by atoms with Crippen LogP contribution >= 0.6 is 0 Å². The lowest BCUT2D eigenvalue weighted by molar-refractivity contribution is -0.105. The molecule has 0 heterocycles. The summed E-state index contributed by atoms with van der Waals surface area (Å²) in [7, 11) is 0. The summed E-state index contributed by atoms with van der Waals surface area (Å²) in [5, 5.41) is 0. The van der Waals surface area contributed by atoms with E-state index >= 15 is 0 Å². The highest BCUT2D eigenvalue weighted by Gasteiger charge is 2.23. The van der Waals surface area contributed by atoms with E-state index in [1.165, 1.54) is 12.8 Å². The fourth-order valence-corrected chi connectivity index (χ4v) is 1.71. The molecule has 0 aliphatic heterocycles. The maximum atomic E-state index is 5.56. The van der Waals surface area contributed by atoms with Gasteiger partial charge in [-0.25, -0.2) is 0 Å². The van der Waals surface area contributed by atoms with E-state index in [0.29, 0.717) is 19.3 Å². The second-order valence-corrected chi connectivity index (χ2v) is 3.37. The van der Waals surface area contributed by atoms with Crippen molar-refractivity contribution < 1.29 is 9.47 Å². The third kappa shape index (κ3) is 3.38. The van der Waals surface area contributed by atoms with E-state index in [0.717, 1.165) is 12.8 Å². The van der Waals surface area contributed by atoms with Crippen LogP contribution in [0, 0.1) is 18.3 Å². The normalized spacial score (nSPS) is 28.3. The van der Waals surface area contributed by atoms with Crippen molar-refractivity contribution >= 4 is 0 Å². The fraction of sp³-hybridized carbons (Fsp3) is 0.818. The van der Waals surface area contributed by atoms with E-state index in [9.17, 15) is 0 Å². The molecule has 0 aromatic rings. The molecule has 1 rings (SSSR count). The van der Waals surface area contributed by atoms with Gasteiger partial charge in [-0.05, 0) is 19.8 Å². The fourth-order valence-electron chi connectivity index (χ4n) is 1.71. The lowest BCUT2D eigenvalue weighted by Crippen LogP contribution is -2.27. The third-order valence-electron chi connectivity index (χ3n) is 2.49. The van der Waals surface area contributed by atoms with E-state index in [2.05, 4.69) is 5.92 Å². The average Bonchev–Trinajstić information content (AvgIpc) is 2.19. The first kappa shape index (κ1) is 10.6. The van der Waals surface area contributed by atoms with Gasteiger partial charge in [0.05, 0.1) is 6.10 Å². The van der Waals surface area contributed by atoms with Gasteiger partial charge in [0, 0.05) is 12.5 Å². The Morgan fingerprint density at radius 1 is 1.38 bits per heavy atom. The van der Waals surface area contributed by atoms with Crippen molar-refractivity contribution in [2.24, 2.45) is 5.92 Å². The summed E-state index contributed by atoms with van der Waals surface area (Å²) < 4.78 is 10.7. The molecule has 0 saturated heterocycles. The zero-order valence-electron chi connectivity index (χ0n) is 8.29. The maximum Gasteiger partial charge on any atom is 0.147 e. The summed E-state index contributed by atoms with van der Waals surface area (Å²) in [6, 6.07) is 0. The molecule has 0 N–H and O–H groups in total. The van der Waals surface area contributed by atoms with Gasteiger partial charge in [-0.3, -0.25) is 0 Å². The predicted molar refractivity (Wildman–Crippen MR) is 52.2 cm³/mol. The quantitative estimate of drug-likeness (QED) is 0.377. The third-order valence-corrected chi connectivity index (χ3v) is 2.49. The molecule has 1 aliphatic rings. The zero-order chi connectivity index (χ0) is 9.52. The summed E-state index contributed by atoms with van der Waals surface area (Å²) in [4.78, 5) is 0. The molecule has 0 amide bonds. The van der Waals surface area contributed by atoms with Gasteiger partial charge in [-0.15, -0.1) is 12.3 Å². The smallest absolute Gasteiger partial charge is 0.147 e. The number of terminal acetylenes is 1. The van der Waals surface area contributed by atoms with Crippen LogP contribution in [-0.2, 0) is 9.47 Å². The van der Waals surface area contributed by atoms with Crippen LogP contribution in [0.1, 0.15) is 32.6 Å². The summed E-state index contributed by atoms with van der Waals surface area (Å²) in [5.74, 6) is 3.10. The van der Waals surface area contributed by atoms with Crippen LogP contribution in [0.25, 0.3) is 0 Å². The minimum absolute atomic E-state index is 0.227. The second kappa shape index (κ2) is 6.01. The van der Waals surface area contributed by atoms with Crippen LogP contribution in [0.3, 0.4) is 0 Å². The Hall–Kier alpha value is -0.520. The molecule has 2 atom stereocenters. The molecule has 2 heteroatoms. The number of hydrogen-bond donors (Lipinski definition) is 0. The Bertz CT molecular complexity index is 171. The molecule has 0 aromatic carbocycles. The topological polar surface area (TPSA) is 18.5 Å². The zero-order valence-corrected chi connectivity index (χ0v) is 8.29. The monoisotopic (exact) mass is 182 g/mol. The Morgan fingerprint density at radius 3 is 2.85 bits per heavy atom. The predicted octanol–water partition coefficient (Wildman–Crippen LogP) is 2.19. The molecule has 2 nitrogen and oxygen atoms in total. The first-order chi connectivity index (χ1) is 6.38. The van der Waals surface area contributed by atoms with Crippen molar-refractivity contribution in [2.45, 2.75) is 38.7 Å². The van der Waals surface area contributed by atoms with Gasteiger partial charge in [0.1, 0.15) is 6.79 Å². The highest BCUT2D eigenvalue weighted by atomic mass is 16.7. The first-order valence-corrected chi connectivity index (χ1v) is 5.04. The van der Waals surface area contributed by atoms with Gasteiger partial charge in [0.25, 0.3) is 0 Å². The van der Waals surface area contributed by atoms with Gasteiger partial charge in [0.2, 0.25) is 0 Å². The van der Waals surface area contributed by atoms with Crippen LogP contribution in [-0.4, -0.2) is 19.5 Å². The molecule has 0 radical (unpaired) electrons. The molecule has 1 aliphatic carbocycles. The van der Waals surface area contributed by atoms with Gasteiger partial charge in [-0.2, -0.15) is 0 Å². The minimum atomic E-state index is 0.227. The summed E-state index contributed by atoms with van der Waals surface area (Å²) in [6.45, 7) is 3.05. The first-order valence-electron chi connectivity index (χ1n) is 5.04. The molecule has 0 aromatic heterocycles. The van der Waals surface area contributed by atoms with Crippen molar-refractivity contribution in [1.82, 2.24) is 0 Å². The van der Waals surface area contributed by atoms with E-state index in [1.807, 2.05) is 6.92 Å². The average molecular weight is 182 g/mol. The van der Waals surface area contributed by atoms with Crippen molar-refractivity contribution in [3.05, 3.63) is 0 Å². The Balaban J connectivity index is 2.24. The molecule has 1 fully saturated rings. The molecule has 2 unspecified atom stereocenters. The van der Waals surface area contributed by atoms with Gasteiger partial charge in [-0.1, -0.05) is 12.8 Å². The van der Waals surface area contributed by atoms with Crippen LogP contribution < -0.4 is 0 Å². The second-order valence-electron chi connectivity index (χ2n) is 3.37. The molecular formula is C11H18O2. The van der Waals surface area contributed by atoms with Gasteiger partial charge >= 0.3 is 0 Å². The van der Waals surface area contributed by atoms with Crippen molar-refractivity contribution in [1.29, 1.82) is 0 Å². The molecule has 0 spiro atoms. The van der Waals surface area contributed by atoms with Crippen molar-refractivity contribution in [3.8, 4) is 12.3 Å². The highest BCUT2D eigenvalue weighted by Crippen LogP contribution is 2.26. The summed E-state index contributed by atoms with van der Waals surface area (Å²) in [6.07, 6.45) is 10.3. The molecular weight excluding hydrogens is 164 g/mol. The lowest BCUT2D eigenvalue weighted by atomic mass is 9.87. The Morgan fingerprint density at radius 2 is 2.15 bits per heavy atom. The van der Waals surface area contributed by atoms with Crippen molar-refractivity contribution in [3.63, 3.8) is 0 Å². The summed E-state index contributed by atoms with van der Waals surface area (Å²) in [5.41, 5.74) is 0. The van der Waals surface area contributed by atoms with E-state index < -0.39 is 0 Å². The van der Waals surface area contributed by atoms with Gasteiger partial charge in [0.15, 0.2) is 0 Å². The van der Waals surface area contributed by atoms with E-state index in [1.54, 1.807) is 0 Å². The molecule has 0 bridgehead atoms. The minimum Gasteiger partial charge on any atom is -0.356 e. The molecule has 1 saturated carbocycles. The molecule has 74 valence electrons. The van der Waals surface area contributed by atoms with Crippen molar-refractivity contribution in [2.75, 3.05) is 13.4 Å². The standard InChI is InChI=1S/C11H18O2/c1-3-10-7-5-6-8-11(10)13-9-12-4-2/h1,10-11H,4-9H2,2H3.